The number of hydrogen-bond donors (Lipinski definition) is 1. The molecule has 2 fully saturated rings. The van der Waals surface area contributed by atoms with Gasteiger partial charge in [0.15, 0.2) is 0 Å². The van der Waals surface area contributed by atoms with E-state index in [1.165, 1.54) is 19.3 Å². The largest absolute Gasteiger partial charge is 0.275 e. The fourth-order valence-corrected chi connectivity index (χ4v) is 3.14. The van der Waals surface area contributed by atoms with E-state index in [-0.39, 0.29) is 4.92 Å². The van der Waals surface area contributed by atoms with Crippen LogP contribution in [0.25, 0.3) is 0 Å². The molecule has 0 radical (unpaired) electrons. The second-order valence-corrected chi connectivity index (χ2v) is 5.33. The summed E-state index contributed by atoms with van der Waals surface area (Å²) in [5.41, 5.74) is -0.791. The van der Waals surface area contributed by atoms with Gasteiger partial charge in [0.05, 0.1) is 0 Å². The highest BCUT2D eigenvalue weighted by Crippen LogP contribution is 2.31. The molecular weight excluding hydrogens is 204 g/mol. The van der Waals surface area contributed by atoms with E-state index < -0.39 is 5.66 Å². The van der Waals surface area contributed by atoms with Crippen molar-refractivity contribution in [1.82, 2.24) is 5.32 Å². The summed E-state index contributed by atoms with van der Waals surface area (Å²) in [4.78, 5) is 11.2. The molecule has 0 aromatic carbocycles. The Morgan fingerprint density at radius 1 is 1.00 bits per heavy atom. The summed E-state index contributed by atoms with van der Waals surface area (Å²) in [6.07, 6.45) is 10.6. The van der Waals surface area contributed by atoms with Crippen molar-refractivity contribution < 1.29 is 4.92 Å². The quantitative estimate of drug-likeness (QED) is 0.457. The summed E-state index contributed by atoms with van der Waals surface area (Å²) in [7, 11) is 0. The highest BCUT2D eigenvalue weighted by atomic mass is 16.6. The Labute approximate surface area is 96.9 Å². The average Bonchev–Trinajstić information content (AvgIpc) is 2.31. The van der Waals surface area contributed by atoms with Crippen molar-refractivity contribution >= 4 is 0 Å². The fourth-order valence-electron chi connectivity index (χ4n) is 3.14. The van der Waals surface area contributed by atoms with E-state index in [4.69, 9.17) is 0 Å². The Morgan fingerprint density at radius 2 is 1.56 bits per heavy atom. The molecule has 0 atom stereocenters. The van der Waals surface area contributed by atoms with E-state index in [2.05, 4.69) is 5.32 Å². The lowest BCUT2D eigenvalue weighted by Crippen LogP contribution is -2.57. The molecule has 2 aliphatic carbocycles. The molecule has 2 saturated carbocycles. The van der Waals surface area contributed by atoms with Gasteiger partial charge in [0.2, 0.25) is 0 Å². The lowest BCUT2D eigenvalue weighted by atomic mass is 9.86. The smallest absolute Gasteiger partial charge is 0.263 e. The summed E-state index contributed by atoms with van der Waals surface area (Å²) >= 11 is 0. The monoisotopic (exact) mass is 226 g/mol. The van der Waals surface area contributed by atoms with Crippen LogP contribution in [-0.2, 0) is 0 Å². The standard InChI is InChI=1S/C12H22N2O2/c15-14(16)12(9-5-2-6-10-12)13-11-7-3-1-4-8-11/h11,13H,1-10H2. The Bertz CT molecular complexity index is 243. The number of hydrogen-bond acceptors (Lipinski definition) is 3. The van der Waals surface area contributed by atoms with Crippen LogP contribution in [0.15, 0.2) is 0 Å². The van der Waals surface area contributed by atoms with Gasteiger partial charge in [-0.25, -0.2) is 5.32 Å². The summed E-state index contributed by atoms with van der Waals surface area (Å²) in [6, 6.07) is 0.386. The molecule has 0 heterocycles. The van der Waals surface area contributed by atoms with Crippen LogP contribution in [0.3, 0.4) is 0 Å². The highest BCUT2D eigenvalue weighted by Gasteiger charge is 2.44. The van der Waals surface area contributed by atoms with Gasteiger partial charge in [-0.15, -0.1) is 0 Å². The number of nitrogens with one attached hydrogen (secondary N) is 1. The molecule has 1 N–H and O–H groups in total. The molecular formula is C12H22N2O2. The van der Waals surface area contributed by atoms with Crippen molar-refractivity contribution in [2.24, 2.45) is 0 Å². The van der Waals surface area contributed by atoms with Gasteiger partial charge in [-0.05, 0) is 25.7 Å². The first-order valence-electron chi connectivity index (χ1n) is 6.65. The number of rotatable bonds is 3. The molecule has 0 aromatic rings. The molecule has 0 aliphatic heterocycles. The first-order valence-corrected chi connectivity index (χ1v) is 6.65. The first-order chi connectivity index (χ1) is 7.73. The second kappa shape index (κ2) is 5.13. The van der Waals surface area contributed by atoms with Gasteiger partial charge in [0.25, 0.3) is 5.66 Å². The van der Waals surface area contributed by atoms with E-state index in [9.17, 15) is 10.1 Å². The molecule has 0 spiro atoms. The lowest BCUT2D eigenvalue weighted by Gasteiger charge is -2.35. The minimum absolute atomic E-state index is 0.0548. The predicted octanol–water partition coefficient (Wildman–Crippen LogP) is 2.85. The van der Waals surface area contributed by atoms with E-state index in [1.54, 1.807) is 0 Å². The molecule has 2 rings (SSSR count). The van der Waals surface area contributed by atoms with Gasteiger partial charge in [0.1, 0.15) is 0 Å². The molecule has 4 nitrogen and oxygen atoms in total. The molecule has 92 valence electrons. The summed E-state index contributed by atoms with van der Waals surface area (Å²) in [5.74, 6) is 0. The Hall–Kier alpha value is -0.640. The van der Waals surface area contributed by atoms with Crippen LogP contribution in [0.4, 0.5) is 0 Å². The number of nitrogens with zero attached hydrogens (tertiary/aromatic N) is 1. The van der Waals surface area contributed by atoms with Gasteiger partial charge in [-0.2, -0.15) is 0 Å². The van der Waals surface area contributed by atoms with Crippen molar-refractivity contribution in [3.05, 3.63) is 10.1 Å². The average molecular weight is 226 g/mol. The Balaban J connectivity index is 1.98. The molecule has 0 bridgehead atoms. The molecule has 0 aromatic heterocycles. The zero-order valence-corrected chi connectivity index (χ0v) is 9.91. The highest BCUT2D eigenvalue weighted by molar-refractivity contribution is 4.85. The van der Waals surface area contributed by atoms with E-state index in [0.29, 0.717) is 6.04 Å². The first kappa shape index (κ1) is 11.8. The zero-order chi connectivity index (χ0) is 11.4. The van der Waals surface area contributed by atoms with Crippen molar-refractivity contribution in [2.45, 2.75) is 75.9 Å². The van der Waals surface area contributed by atoms with Crippen LogP contribution < -0.4 is 5.32 Å². The third-order valence-corrected chi connectivity index (χ3v) is 4.11. The van der Waals surface area contributed by atoms with Crippen LogP contribution in [0.1, 0.15) is 64.2 Å². The van der Waals surface area contributed by atoms with Crippen LogP contribution in [0.2, 0.25) is 0 Å². The SMILES string of the molecule is O=[N+]([O-])C1(NC2CCCCC2)CCCCC1. The van der Waals surface area contributed by atoms with Crippen molar-refractivity contribution in [3.8, 4) is 0 Å². The summed E-state index contributed by atoms with van der Waals surface area (Å²) in [6.45, 7) is 0. The minimum atomic E-state index is -0.791. The zero-order valence-electron chi connectivity index (χ0n) is 9.91. The molecule has 4 heteroatoms. The van der Waals surface area contributed by atoms with Gasteiger partial charge < -0.3 is 0 Å². The summed E-state index contributed by atoms with van der Waals surface area (Å²) in [5, 5.41) is 14.7. The summed E-state index contributed by atoms with van der Waals surface area (Å²) < 4.78 is 0. The fraction of sp³-hybridized carbons (Fsp3) is 1.00. The van der Waals surface area contributed by atoms with E-state index >= 15 is 0 Å². The molecule has 0 saturated heterocycles. The van der Waals surface area contributed by atoms with Crippen molar-refractivity contribution in [2.75, 3.05) is 0 Å². The Morgan fingerprint density at radius 3 is 2.12 bits per heavy atom. The topological polar surface area (TPSA) is 55.2 Å². The van der Waals surface area contributed by atoms with Crippen molar-refractivity contribution in [1.29, 1.82) is 0 Å². The predicted molar refractivity (Wildman–Crippen MR) is 62.8 cm³/mol. The van der Waals surface area contributed by atoms with Gasteiger partial charge >= 0.3 is 0 Å². The molecule has 0 amide bonds. The van der Waals surface area contributed by atoms with E-state index in [1.807, 2.05) is 0 Å². The van der Waals surface area contributed by atoms with Gasteiger partial charge in [-0.1, -0.05) is 25.7 Å². The lowest BCUT2D eigenvalue weighted by molar-refractivity contribution is -0.584. The van der Waals surface area contributed by atoms with Crippen LogP contribution in [0.5, 0.6) is 0 Å². The maximum atomic E-state index is 11.3. The minimum Gasteiger partial charge on any atom is -0.263 e. The normalized spacial score (nSPS) is 26.5. The van der Waals surface area contributed by atoms with Crippen LogP contribution in [0, 0.1) is 10.1 Å². The third-order valence-electron chi connectivity index (χ3n) is 4.11. The van der Waals surface area contributed by atoms with Crippen molar-refractivity contribution in [3.63, 3.8) is 0 Å². The van der Waals surface area contributed by atoms with Crippen LogP contribution >= 0.6 is 0 Å². The third kappa shape index (κ3) is 2.54. The maximum Gasteiger partial charge on any atom is 0.275 e. The van der Waals surface area contributed by atoms with Gasteiger partial charge in [0, 0.05) is 23.8 Å². The molecule has 0 unspecified atom stereocenters. The second-order valence-electron chi connectivity index (χ2n) is 5.33. The number of nitro groups is 1. The molecule has 16 heavy (non-hydrogen) atoms. The van der Waals surface area contributed by atoms with E-state index in [0.717, 1.165) is 44.9 Å². The van der Waals surface area contributed by atoms with Gasteiger partial charge in [-0.3, -0.25) is 10.1 Å². The maximum absolute atomic E-state index is 11.3. The van der Waals surface area contributed by atoms with Crippen LogP contribution in [-0.4, -0.2) is 16.6 Å². The Kier molecular flexibility index (Phi) is 3.79. The molecule has 2 aliphatic rings.